The van der Waals surface area contributed by atoms with Gasteiger partial charge in [-0.1, -0.05) is 24.6 Å². The highest BCUT2D eigenvalue weighted by atomic mass is 35.5. The van der Waals surface area contributed by atoms with Crippen LogP contribution in [-0.2, 0) is 16.6 Å². The van der Waals surface area contributed by atoms with E-state index in [0.29, 0.717) is 21.5 Å². The molecule has 4 nitrogen and oxygen atoms in total. The molecule has 0 aliphatic heterocycles. The fraction of sp³-hybridized carbons (Fsp3) is 0.231. The molecule has 1 aromatic heterocycles. The molecule has 0 bridgehead atoms. The third-order valence-electron chi connectivity index (χ3n) is 2.55. The van der Waals surface area contributed by atoms with Crippen LogP contribution in [0.25, 0.3) is 0 Å². The van der Waals surface area contributed by atoms with Crippen molar-refractivity contribution in [2.75, 3.05) is 11.3 Å². The van der Waals surface area contributed by atoms with Gasteiger partial charge in [0.25, 0.3) is 10.0 Å². The van der Waals surface area contributed by atoms with E-state index in [0.717, 1.165) is 12.1 Å². The molecule has 0 aliphatic carbocycles. The van der Waals surface area contributed by atoms with Crippen LogP contribution in [0.2, 0.25) is 5.02 Å². The molecular weight excluding hydrogens is 316 g/mol. The Labute approximate surface area is 127 Å². The van der Waals surface area contributed by atoms with Gasteiger partial charge in [-0.25, -0.2) is 8.42 Å². The fourth-order valence-electron chi connectivity index (χ4n) is 1.61. The number of rotatable bonds is 6. The van der Waals surface area contributed by atoms with Crippen molar-refractivity contribution in [3.05, 3.63) is 46.3 Å². The quantitative estimate of drug-likeness (QED) is 0.854. The molecule has 2 rings (SSSR count). The van der Waals surface area contributed by atoms with Crippen LogP contribution < -0.4 is 10.0 Å². The Morgan fingerprint density at radius 2 is 2.10 bits per heavy atom. The lowest BCUT2D eigenvalue weighted by Crippen LogP contribution is -2.12. The lowest BCUT2D eigenvalue weighted by molar-refractivity contribution is 0.603. The van der Waals surface area contributed by atoms with Gasteiger partial charge in [-0.3, -0.25) is 4.72 Å². The van der Waals surface area contributed by atoms with Crippen LogP contribution >= 0.6 is 22.9 Å². The molecule has 20 heavy (non-hydrogen) atoms. The molecule has 2 aromatic rings. The first kappa shape index (κ1) is 15.3. The van der Waals surface area contributed by atoms with Crippen LogP contribution in [0.3, 0.4) is 0 Å². The third kappa shape index (κ3) is 3.96. The lowest BCUT2D eigenvalue weighted by Gasteiger charge is -2.06. The summed E-state index contributed by atoms with van der Waals surface area (Å²) in [7, 11) is -3.55. The molecular formula is C13H15ClN2O2S2. The highest BCUT2D eigenvalue weighted by Crippen LogP contribution is 2.24. The Morgan fingerprint density at radius 1 is 1.30 bits per heavy atom. The summed E-state index contributed by atoms with van der Waals surface area (Å²) in [5, 5.41) is 5.49. The van der Waals surface area contributed by atoms with E-state index < -0.39 is 10.0 Å². The summed E-state index contributed by atoms with van der Waals surface area (Å²) in [5.41, 5.74) is 1.42. The van der Waals surface area contributed by atoms with Crippen molar-refractivity contribution >= 4 is 38.6 Å². The maximum Gasteiger partial charge on any atom is 0.271 e. The van der Waals surface area contributed by atoms with Gasteiger partial charge in [-0.05, 0) is 41.8 Å². The van der Waals surface area contributed by atoms with Crippen molar-refractivity contribution < 1.29 is 8.42 Å². The lowest BCUT2D eigenvalue weighted by atomic mass is 10.3. The Kier molecular flexibility index (Phi) is 5.04. The molecule has 0 spiro atoms. The van der Waals surface area contributed by atoms with Crippen LogP contribution in [0.4, 0.5) is 5.69 Å². The number of thiophene rings is 1. The molecule has 0 saturated heterocycles. The highest BCUT2D eigenvalue weighted by Gasteiger charge is 2.16. The van der Waals surface area contributed by atoms with Crippen LogP contribution in [0.5, 0.6) is 0 Å². The van der Waals surface area contributed by atoms with Gasteiger partial charge in [-0.2, -0.15) is 0 Å². The molecule has 1 aromatic carbocycles. The molecule has 0 radical (unpaired) electrons. The van der Waals surface area contributed by atoms with E-state index in [1.165, 1.54) is 11.3 Å². The average Bonchev–Trinajstić information content (AvgIpc) is 2.85. The topological polar surface area (TPSA) is 58.2 Å². The first-order valence-electron chi connectivity index (χ1n) is 6.08. The Bertz CT molecular complexity index is 683. The molecule has 7 heteroatoms. The van der Waals surface area contributed by atoms with Crippen molar-refractivity contribution in [1.82, 2.24) is 5.32 Å². The van der Waals surface area contributed by atoms with Gasteiger partial charge in [0.2, 0.25) is 0 Å². The van der Waals surface area contributed by atoms with E-state index in [9.17, 15) is 8.42 Å². The summed E-state index contributed by atoms with van der Waals surface area (Å²) in [6.07, 6.45) is 0. The van der Waals surface area contributed by atoms with E-state index >= 15 is 0 Å². The SMILES string of the molecule is CCNCc1csc(S(=O)(=O)Nc2cccc(Cl)c2)c1. The average molecular weight is 331 g/mol. The van der Waals surface area contributed by atoms with E-state index in [1.807, 2.05) is 12.3 Å². The van der Waals surface area contributed by atoms with E-state index in [4.69, 9.17) is 11.6 Å². The largest absolute Gasteiger partial charge is 0.313 e. The molecule has 0 fully saturated rings. The second-order valence-corrected chi connectivity index (χ2v) is 7.43. The number of halogens is 1. The second kappa shape index (κ2) is 6.58. The smallest absolute Gasteiger partial charge is 0.271 e. The minimum Gasteiger partial charge on any atom is -0.313 e. The molecule has 0 atom stereocenters. The molecule has 0 unspecified atom stereocenters. The van der Waals surface area contributed by atoms with Gasteiger partial charge >= 0.3 is 0 Å². The molecule has 0 amide bonds. The second-order valence-electron chi connectivity index (χ2n) is 4.17. The van der Waals surface area contributed by atoms with Gasteiger partial charge in [0.05, 0.1) is 5.69 Å². The van der Waals surface area contributed by atoms with Crippen molar-refractivity contribution in [3.8, 4) is 0 Å². The Hall–Kier alpha value is -1.08. The molecule has 108 valence electrons. The monoisotopic (exact) mass is 330 g/mol. The standard InChI is InChI=1S/C13H15ClN2O2S2/c1-2-15-8-10-6-13(19-9-10)20(17,18)16-12-5-3-4-11(14)7-12/h3-7,9,15-16H,2,8H2,1H3. The number of hydrogen-bond acceptors (Lipinski definition) is 4. The van der Waals surface area contributed by atoms with Crippen molar-refractivity contribution in [1.29, 1.82) is 0 Å². The van der Waals surface area contributed by atoms with E-state index in [2.05, 4.69) is 10.0 Å². The zero-order valence-electron chi connectivity index (χ0n) is 10.9. The summed E-state index contributed by atoms with van der Waals surface area (Å²) >= 11 is 7.05. The van der Waals surface area contributed by atoms with Crippen molar-refractivity contribution in [3.63, 3.8) is 0 Å². The summed E-state index contributed by atoms with van der Waals surface area (Å²) < 4.78 is 27.3. The Balaban J connectivity index is 2.16. The minimum atomic E-state index is -3.55. The predicted octanol–water partition coefficient (Wildman–Crippen LogP) is 3.31. The number of benzene rings is 1. The van der Waals surface area contributed by atoms with Gasteiger partial charge < -0.3 is 5.32 Å². The zero-order chi connectivity index (χ0) is 14.6. The van der Waals surface area contributed by atoms with Crippen LogP contribution in [0, 0.1) is 0 Å². The summed E-state index contributed by atoms with van der Waals surface area (Å²) in [4.78, 5) is 0. The molecule has 1 heterocycles. The van der Waals surface area contributed by atoms with Gasteiger partial charge in [0, 0.05) is 11.6 Å². The van der Waals surface area contributed by atoms with Gasteiger partial charge in [0.15, 0.2) is 0 Å². The number of hydrogen-bond donors (Lipinski definition) is 2. The molecule has 0 aliphatic rings. The normalized spacial score (nSPS) is 11.5. The summed E-state index contributed by atoms with van der Waals surface area (Å²) in [6.45, 7) is 3.52. The number of anilines is 1. The van der Waals surface area contributed by atoms with Crippen LogP contribution in [0.1, 0.15) is 12.5 Å². The predicted molar refractivity (Wildman–Crippen MR) is 84.0 cm³/mol. The number of sulfonamides is 1. The summed E-state index contributed by atoms with van der Waals surface area (Å²) in [5.74, 6) is 0. The minimum absolute atomic E-state index is 0.297. The Morgan fingerprint density at radius 3 is 2.80 bits per heavy atom. The number of nitrogens with one attached hydrogen (secondary N) is 2. The van der Waals surface area contributed by atoms with Crippen LogP contribution in [0.15, 0.2) is 39.9 Å². The highest BCUT2D eigenvalue weighted by molar-refractivity contribution is 7.94. The first-order chi connectivity index (χ1) is 9.51. The third-order valence-corrected chi connectivity index (χ3v) is 5.66. The maximum absolute atomic E-state index is 12.2. The van der Waals surface area contributed by atoms with E-state index in [-0.39, 0.29) is 0 Å². The van der Waals surface area contributed by atoms with Gasteiger partial charge in [0.1, 0.15) is 4.21 Å². The molecule has 0 saturated carbocycles. The first-order valence-corrected chi connectivity index (χ1v) is 8.82. The van der Waals surface area contributed by atoms with E-state index in [1.54, 1.807) is 30.3 Å². The summed E-state index contributed by atoms with van der Waals surface area (Å²) in [6, 6.07) is 8.31. The van der Waals surface area contributed by atoms with Gasteiger partial charge in [-0.15, -0.1) is 11.3 Å². The fourth-order valence-corrected chi connectivity index (χ4v) is 4.06. The van der Waals surface area contributed by atoms with Crippen LogP contribution in [-0.4, -0.2) is 15.0 Å². The van der Waals surface area contributed by atoms with Crippen molar-refractivity contribution in [2.24, 2.45) is 0 Å². The maximum atomic E-state index is 12.2. The zero-order valence-corrected chi connectivity index (χ0v) is 13.3. The molecule has 2 N–H and O–H groups in total. The van der Waals surface area contributed by atoms with Crippen molar-refractivity contribution in [2.45, 2.75) is 17.7 Å².